The van der Waals surface area contributed by atoms with E-state index in [-0.39, 0.29) is 5.91 Å². The Balaban J connectivity index is 1.70. The van der Waals surface area contributed by atoms with Crippen LogP contribution in [0.3, 0.4) is 0 Å². The van der Waals surface area contributed by atoms with Gasteiger partial charge < -0.3 is 4.42 Å². The lowest BCUT2D eigenvalue weighted by Gasteiger charge is -1.99. The Hall–Kier alpha value is -2.73. The van der Waals surface area contributed by atoms with E-state index in [1.807, 2.05) is 12.1 Å². The number of carbonyl (C=O) groups excluding carboxylic acids is 1. The van der Waals surface area contributed by atoms with Crippen LogP contribution < -0.4 is 5.43 Å². The lowest BCUT2D eigenvalue weighted by atomic mass is 10.1. The third kappa shape index (κ3) is 3.60. The molecule has 0 bridgehead atoms. The first-order valence-corrected chi connectivity index (χ1v) is 8.48. The first kappa shape index (κ1) is 16.1. The van der Waals surface area contributed by atoms with Crippen molar-refractivity contribution in [2.75, 3.05) is 0 Å². The number of benzene rings is 1. The highest BCUT2D eigenvalue weighted by molar-refractivity contribution is 7.13. The Morgan fingerprint density at radius 2 is 2.08 bits per heavy atom. The minimum atomic E-state index is -0.339. The molecule has 0 saturated carbocycles. The van der Waals surface area contributed by atoms with Crippen LogP contribution in [-0.4, -0.2) is 16.6 Å². The highest BCUT2D eigenvalue weighted by Crippen LogP contribution is 2.24. The van der Waals surface area contributed by atoms with Gasteiger partial charge in [-0.25, -0.2) is 10.4 Å². The third-order valence-electron chi connectivity index (χ3n) is 3.55. The second-order valence-electron chi connectivity index (χ2n) is 5.20. The van der Waals surface area contributed by atoms with Gasteiger partial charge in [0.15, 0.2) is 0 Å². The van der Waals surface area contributed by atoms with Crippen molar-refractivity contribution in [1.29, 1.82) is 0 Å². The summed E-state index contributed by atoms with van der Waals surface area (Å²) in [6, 6.07) is 11.8. The Kier molecular flexibility index (Phi) is 4.86. The van der Waals surface area contributed by atoms with Crippen LogP contribution in [0.1, 0.15) is 35.7 Å². The van der Waals surface area contributed by atoms with E-state index in [4.69, 9.17) is 4.42 Å². The van der Waals surface area contributed by atoms with Gasteiger partial charge in [-0.3, -0.25) is 4.79 Å². The predicted molar refractivity (Wildman–Crippen MR) is 95.3 cm³/mol. The van der Waals surface area contributed by atoms with Gasteiger partial charge in [0.05, 0.1) is 6.26 Å². The number of amides is 1. The number of hydrogen-bond acceptors (Lipinski definition) is 5. The summed E-state index contributed by atoms with van der Waals surface area (Å²) >= 11 is 1.44. The molecule has 0 aliphatic heterocycles. The molecular formula is C18H17N3O2S. The number of aryl methyl sites for hydroxylation is 1. The van der Waals surface area contributed by atoms with Crippen molar-refractivity contribution in [3.8, 4) is 10.6 Å². The summed E-state index contributed by atoms with van der Waals surface area (Å²) in [4.78, 5) is 16.5. The van der Waals surface area contributed by atoms with Gasteiger partial charge in [-0.05, 0) is 31.0 Å². The smallest absolute Gasteiger partial charge is 0.290 e. The molecule has 3 rings (SSSR count). The van der Waals surface area contributed by atoms with E-state index in [9.17, 15) is 4.79 Å². The van der Waals surface area contributed by atoms with Crippen LogP contribution in [0.25, 0.3) is 10.6 Å². The van der Waals surface area contributed by atoms with Crippen molar-refractivity contribution in [1.82, 2.24) is 10.4 Å². The number of hydrazone groups is 1. The standard InChI is InChI=1S/C18H17N3O2S/c1-3-13-6-8-14(9-7-13)18-19-15(11-24-18)17(22)21-20-12(2)16-5-4-10-23-16/h4-11H,3H2,1-2H3,(H,21,22)/b20-12-. The van der Waals surface area contributed by atoms with E-state index < -0.39 is 0 Å². The molecule has 0 atom stereocenters. The Bertz CT molecular complexity index is 849. The fraction of sp³-hybridized carbons (Fsp3) is 0.167. The summed E-state index contributed by atoms with van der Waals surface area (Å²) in [5, 5.41) is 6.58. The SMILES string of the molecule is CCc1ccc(-c2nc(C(=O)N/N=C(/C)c3ccco3)cs2)cc1. The quantitative estimate of drug-likeness (QED) is 0.561. The van der Waals surface area contributed by atoms with Crippen LogP contribution >= 0.6 is 11.3 Å². The zero-order valence-corrected chi connectivity index (χ0v) is 14.3. The fourth-order valence-corrected chi connectivity index (χ4v) is 2.93. The number of carbonyl (C=O) groups is 1. The molecule has 2 heterocycles. The number of hydrogen-bond donors (Lipinski definition) is 1. The van der Waals surface area contributed by atoms with Crippen molar-refractivity contribution in [2.24, 2.45) is 5.10 Å². The number of furan rings is 1. The summed E-state index contributed by atoms with van der Waals surface area (Å²) in [6.07, 6.45) is 2.56. The van der Waals surface area contributed by atoms with E-state index in [1.54, 1.807) is 30.7 Å². The number of thiazole rings is 1. The zero-order valence-electron chi connectivity index (χ0n) is 13.4. The van der Waals surface area contributed by atoms with Crippen LogP contribution in [-0.2, 0) is 6.42 Å². The topological polar surface area (TPSA) is 67.5 Å². The molecule has 0 aliphatic rings. The molecule has 1 amide bonds. The molecule has 1 aromatic carbocycles. The van der Waals surface area contributed by atoms with Gasteiger partial charge in [0.1, 0.15) is 22.2 Å². The summed E-state index contributed by atoms with van der Waals surface area (Å²) < 4.78 is 5.22. The molecule has 5 nitrogen and oxygen atoms in total. The molecular weight excluding hydrogens is 322 g/mol. The van der Waals surface area contributed by atoms with Crippen LogP contribution in [0.5, 0.6) is 0 Å². The number of rotatable bonds is 5. The van der Waals surface area contributed by atoms with E-state index >= 15 is 0 Å². The normalized spacial score (nSPS) is 11.5. The van der Waals surface area contributed by atoms with Crippen molar-refractivity contribution in [3.63, 3.8) is 0 Å². The van der Waals surface area contributed by atoms with Crippen LogP contribution in [0.4, 0.5) is 0 Å². The lowest BCUT2D eigenvalue weighted by molar-refractivity contribution is 0.0950. The molecule has 0 unspecified atom stereocenters. The molecule has 0 radical (unpaired) electrons. The van der Waals surface area contributed by atoms with Gasteiger partial charge in [-0.15, -0.1) is 11.3 Å². The molecule has 24 heavy (non-hydrogen) atoms. The number of nitrogens with one attached hydrogen (secondary N) is 1. The second kappa shape index (κ2) is 7.23. The maximum Gasteiger partial charge on any atom is 0.290 e. The average molecular weight is 339 g/mol. The Labute approximate surface area is 144 Å². The minimum absolute atomic E-state index is 0.339. The maximum atomic E-state index is 12.2. The highest BCUT2D eigenvalue weighted by atomic mass is 32.1. The first-order valence-electron chi connectivity index (χ1n) is 7.60. The number of aromatic nitrogens is 1. The molecule has 2 aromatic heterocycles. The van der Waals surface area contributed by atoms with Gasteiger partial charge >= 0.3 is 0 Å². The molecule has 0 spiro atoms. The third-order valence-corrected chi connectivity index (χ3v) is 4.44. The maximum absolute atomic E-state index is 12.2. The van der Waals surface area contributed by atoms with Crippen molar-refractivity contribution >= 4 is 23.0 Å². The summed E-state index contributed by atoms with van der Waals surface area (Å²) in [7, 11) is 0. The number of nitrogens with zero attached hydrogens (tertiary/aromatic N) is 2. The molecule has 1 N–H and O–H groups in total. The summed E-state index contributed by atoms with van der Waals surface area (Å²) in [6.45, 7) is 3.88. The fourth-order valence-electron chi connectivity index (χ4n) is 2.13. The molecule has 6 heteroatoms. The average Bonchev–Trinajstić information content (AvgIpc) is 3.31. The van der Waals surface area contributed by atoms with Gasteiger partial charge in [-0.2, -0.15) is 5.10 Å². The summed E-state index contributed by atoms with van der Waals surface area (Å²) in [5.41, 5.74) is 5.73. The molecule has 122 valence electrons. The first-order chi connectivity index (χ1) is 11.7. The predicted octanol–water partition coefficient (Wildman–Crippen LogP) is 4.12. The molecule has 0 fully saturated rings. The van der Waals surface area contributed by atoms with E-state index in [2.05, 4.69) is 34.6 Å². The van der Waals surface area contributed by atoms with Crippen molar-refractivity contribution < 1.29 is 9.21 Å². The van der Waals surface area contributed by atoms with Gasteiger partial charge in [0.2, 0.25) is 0 Å². The summed E-state index contributed by atoms with van der Waals surface area (Å²) in [5.74, 6) is 0.277. The minimum Gasteiger partial charge on any atom is -0.463 e. The van der Waals surface area contributed by atoms with E-state index in [0.29, 0.717) is 17.2 Å². The van der Waals surface area contributed by atoms with Gasteiger partial charge in [-0.1, -0.05) is 31.2 Å². The van der Waals surface area contributed by atoms with E-state index in [1.165, 1.54) is 16.9 Å². The largest absolute Gasteiger partial charge is 0.463 e. The van der Waals surface area contributed by atoms with Crippen LogP contribution in [0, 0.1) is 0 Å². The second-order valence-corrected chi connectivity index (χ2v) is 6.06. The van der Waals surface area contributed by atoms with Crippen LogP contribution in [0.15, 0.2) is 57.6 Å². The Morgan fingerprint density at radius 3 is 2.75 bits per heavy atom. The molecule has 0 aliphatic carbocycles. The van der Waals surface area contributed by atoms with Gasteiger partial charge in [0, 0.05) is 10.9 Å². The Morgan fingerprint density at radius 1 is 1.29 bits per heavy atom. The highest BCUT2D eigenvalue weighted by Gasteiger charge is 2.12. The van der Waals surface area contributed by atoms with Crippen molar-refractivity contribution in [3.05, 3.63) is 65.1 Å². The molecule has 0 saturated heterocycles. The van der Waals surface area contributed by atoms with E-state index in [0.717, 1.165) is 17.0 Å². The van der Waals surface area contributed by atoms with Crippen molar-refractivity contribution in [2.45, 2.75) is 20.3 Å². The molecule has 3 aromatic rings. The lowest BCUT2D eigenvalue weighted by Crippen LogP contribution is -2.19. The monoisotopic (exact) mass is 339 g/mol. The van der Waals surface area contributed by atoms with Crippen LogP contribution in [0.2, 0.25) is 0 Å². The van der Waals surface area contributed by atoms with Gasteiger partial charge in [0.25, 0.3) is 5.91 Å². The zero-order chi connectivity index (χ0) is 16.9.